The summed E-state index contributed by atoms with van der Waals surface area (Å²) >= 11 is 0. The third-order valence-corrected chi connectivity index (χ3v) is 3.45. The molecule has 0 saturated carbocycles. The Labute approximate surface area is 150 Å². The predicted molar refractivity (Wildman–Crippen MR) is 92.8 cm³/mol. The number of ether oxygens (including phenoxy) is 2. The Hall–Kier alpha value is -3.16. The first kappa shape index (κ1) is 19.2. The Morgan fingerprint density at radius 3 is 2.46 bits per heavy atom. The zero-order chi connectivity index (χ0) is 19.1. The molecule has 1 atom stereocenters. The van der Waals surface area contributed by atoms with E-state index in [-0.39, 0.29) is 24.2 Å². The number of H-pyrrole nitrogens is 1. The van der Waals surface area contributed by atoms with Gasteiger partial charge in [-0.2, -0.15) is 0 Å². The maximum atomic E-state index is 12.3. The third-order valence-electron chi connectivity index (χ3n) is 3.45. The topological polar surface area (TPSA) is 121 Å². The van der Waals surface area contributed by atoms with Crippen LogP contribution in [0.5, 0.6) is 17.5 Å². The van der Waals surface area contributed by atoms with Crippen molar-refractivity contribution in [1.29, 1.82) is 0 Å². The molecule has 0 aliphatic rings. The number of nitrogens with one attached hydrogen (secondary N) is 2. The monoisotopic (exact) mass is 362 g/mol. The first-order valence-corrected chi connectivity index (χ1v) is 8.15. The van der Waals surface area contributed by atoms with Crippen molar-refractivity contribution in [3.8, 4) is 17.5 Å². The van der Waals surface area contributed by atoms with E-state index in [0.29, 0.717) is 6.42 Å². The number of carbonyl (C=O) groups excluding carboxylic acids is 2. The highest BCUT2D eigenvalue weighted by atomic mass is 16.6. The van der Waals surface area contributed by atoms with Crippen LogP contribution in [0.2, 0.25) is 0 Å². The van der Waals surface area contributed by atoms with E-state index in [9.17, 15) is 19.8 Å². The molecule has 2 aromatic rings. The summed E-state index contributed by atoms with van der Waals surface area (Å²) in [4.78, 5) is 26.5. The lowest BCUT2D eigenvalue weighted by molar-refractivity contribution is -0.137. The molecule has 1 aromatic carbocycles. The zero-order valence-corrected chi connectivity index (χ0v) is 14.6. The molecule has 1 aromatic heterocycles. The molecular formula is C18H22N2O6. The van der Waals surface area contributed by atoms with Crippen LogP contribution >= 0.6 is 0 Å². The van der Waals surface area contributed by atoms with E-state index in [2.05, 4.69) is 10.3 Å². The highest BCUT2D eigenvalue weighted by Crippen LogP contribution is 2.29. The molecule has 0 spiro atoms. The second-order valence-electron chi connectivity index (χ2n) is 6.18. The molecule has 1 heterocycles. The number of amides is 1. The number of esters is 1. The minimum absolute atomic E-state index is 0.0720. The fraction of sp³-hybridized carbons (Fsp3) is 0.333. The highest BCUT2D eigenvalue weighted by Gasteiger charge is 2.26. The molecule has 0 saturated heterocycles. The molecule has 1 amide bonds. The van der Waals surface area contributed by atoms with Gasteiger partial charge in [0.25, 0.3) is 0 Å². The van der Waals surface area contributed by atoms with Gasteiger partial charge in [0.05, 0.1) is 0 Å². The lowest BCUT2D eigenvalue weighted by Gasteiger charge is -2.18. The van der Waals surface area contributed by atoms with Crippen LogP contribution in [-0.4, -0.2) is 33.3 Å². The zero-order valence-electron chi connectivity index (χ0n) is 14.6. The van der Waals surface area contributed by atoms with Crippen molar-refractivity contribution in [2.75, 3.05) is 0 Å². The predicted octanol–water partition coefficient (Wildman–Crippen LogP) is 2.67. The molecule has 0 bridgehead atoms. The van der Waals surface area contributed by atoms with Crippen LogP contribution in [0.3, 0.4) is 0 Å². The summed E-state index contributed by atoms with van der Waals surface area (Å²) in [7, 11) is 0. The molecule has 8 heteroatoms. The van der Waals surface area contributed by atoms with Gasteiger partial charge in [-0.25, -0.2) is 9.59 Å². The quantitative estimate of drug-likeness (QED) is 0.562. The van der Waals surface area contributed by atoms with Crippen LogP contribution in [0.15, 0.2) is 36.4 Å². The Bertz CT molecular complexity index is 741. The van der Waals surface area contributed by atoms with Crippen LogP contribution in [0.25, 0.3) is 0 Å². The van der Waals surface area contributed by atoms with E-state index in [0.717, 1.165) is 11.6 Å². The summed E-state index contributed by atoms with van der Waals surface area (Å²) in [6.07, 6.45) is -0.436. The van der Waals surface area contributed by atoms with Gasteiger partial charge in [0.1, 0.15) is 12.6 Å². The fourth-order valence-electron chi connectivity index (χ4n) is 2.26. The lowest BCUT2D eigenvalue weighted by Crippen LogP contribution is -2.44. The number of hydrogen-bond acceptors (Lipinski definition) is 6. The van der Waals surface area contributed by atoms with Gasteiger partial charge in [0.2, 0.25) is 5.88 Å². The second kappa shape index (κ2) is 8.80. The van der Waals surface area contributed by atoms with Crippen LogP contribution in [0.4, 0.5) is 4.79 Å². The molecule has 0 aliphatic heterocycles. The van der Waals surface area contributed by atoms with Gasteiger partial charge < -0.3 is 25.0 Å². The Kier molecular flexibility index (Phi) is 6.48. The van der Waals surface area contributed by atoms with Crippen molar-refractivity contribution in [3.05, 3.63) is 42.0 Å². The molecule has 0 unspecified atom stereocenters. The molecule has 0 radical (unpaired) electrons. The third kappa shape index (κ3) is 5.73. The summed E-state index contributed by atoms with van der Waals surface area (Å²) in [5.41, 5.74) is 0.818. The Morgan fingerprint density at radius 1 is 1.19 bits per heavy atom. The first-order valence-electron chi connectivity index (χ1n) is 8.15. The molecule has 8 nitrogen and oxygen atoms in total. The van der Waals surface area contributed by atoms with E-state index in [1.807, 2.05) is 44.2 Å². The van der Waals surface area contributed by atoms with E-state index in [1.165, 1.54) is 0 Å². The Balaban J connectivity index is 1.95. The summed E-state index contributed by atoms with van der Waals surface area (Å²) in [6.45, 7) is 3.84. The summed E-state index contributed by atoms with van der Waals surface area (Å²) < 4.78 is 10.2. The number of rotatable bonds is 7. The van der Waals surface area contributed by atoms with Crippen LogP contribution in [-0.2, 0) is 16.1 Å². The van der Waals surface area contributed by atoms with Crippen molar-refractivity contribution < 1.29 is 29.3 Å². The normalized spacial score (nSPS) is 11.8. The minimum Gasteiger partial charge on any atom is -0.494 e. The number of aromatic amines is 1. The number of carbonyl (C=O) groups is 2. The molecular weight excluding hydrogens is 340 g/mol. The van der Waals surface area contributed by atoms with Gasteiger partial charge in [-0.05, 0) is 17.9 Å². The van der Waals surface area contributed by atoms with E-state index in [1.54, 1.807) is 0 Å². The molecule has 0 aliphatic carbocycles. The summed E-state index contributed by atoms with van der Waals surface area (Å²) in [5, 5.41) is 21.3. The van der Waals surface area contributed by atoms with Crippen molar-refractivity contribution in [2.45, 2.75) is 32.9 Å². The van der Waals surface area contributed by atoms with Crippen molar-refractivity contribution >= 4 is 12.1 Å². The van der Waals surface area contributed by atoms with Crippen molar-refractivity contribution in [2.24, 2.45) is 5.92 Å². The number of benzene rings is 1. The summed E-state index contributed by atoms with van der Waals surface area (Å²) in [5.74, 6) is -1.73. The Morgan fingerprint density at radius 2 is 1.88 bits per heavy atom. The van der Waals surface area contributed by atoms with Crippen LogP contribution < -0.4 is 10.1 Å². The van der Waals surface area contributed by atoms with Crippen molar-refractivity contribution in [1.82, 2.24) is 10.3 Å². The van der Waals surface area contributed by atoms with E-state index in [4.69, 9.17) is 9.47 Å². The molecule has 2 rings (SSSR count). The average molecular weight is 362 g/mol. The van der Waals surface area contributed by atoms with Gasteiger partial charge in [-0.1, -0.05) is 44.2 Å². The van der Waals surface area contributed by atoms with Gasteiger partial charge >= 0.3 is 12.1 Å². The highest BCUT2D eigenvalue weighted by molar-refractivity contribution is 5.83. The largest absolute Gasteiger partial charge is 0.494 e. The standard InChI is InChI=1S/C18H22N2O6/c1-11(2)8-13(17(23)26-14-9-15(21)20-16(14)22)19-18(24)25-10-12-6-4-3-5-7-12/h3-7,9,11,13,20-22H,8,10H2,1-2H3,(H,19,24)/t13-/m0/s1. The fourth-order valence-corrected chi connectivity index (χ4v) is 2.26. The van der Waals surface area contributed by atoms with Crippen LogP contribution in [0, 0.1) is 5.92 Å². The van der Waals surface area contributed by atoms with E-state index >= 15 is 0 Å². The first-order chi connectivity index (χ1) is 12.3. The maximum Gasteiger partial charge on any atom is 0.408 e. The smallest absolute Gasteiger partial charge is 0.408 e. The molecule has 0 fully saturated rings. The lowest BCUT2D eigenvalue weighted by atomic mass is 10.0. The molecule has 26 heavy (non-hydrogen) atoms. The number of aromatic nitrogens is 1. The van der Waals surface area contributed by atoms with Gasteiger partial charge in [-0.15, -0.1) is 0 Å². The maximum absolute atomic E-state index is 12.3. The average Bonchev–Trinajstić information content (AvgIpc) is 2.90. The van der Waals surface area contributed by atoms with Crippen LogP contribution in [0.1, 0.15) is 25.8 Å². The SMILES string of the molecule is CC(C)C[C@H](NC(=O)OCc1ccccc1)C(=O)Oc1cc(O)[nH]c1O. The van der Waals surface area contributed by atoms with Gasteiger partial charge in [0, 0.05) is 6.07 Å². The number of hydrogen-bond donors (Lipinski definition) is 4. The molecule has 4 N–H and O–H groups in total. The number of alkyl carbamates (subject to hydrolysis) is 1. The van der Waals surface area contributed by atoms with E-state index < -0.39 is 24.0 Å². The molecule has 140 valence electrons. The summed E-state index contributed by atoms with van der Waals surface area (Å²) in [6, 6.07) is 9.24. The van der Waals surface area contributed by atoms with Gasteiger partial charge in [-0.3, -0.25) is 4.98 Å². The van der Waals surface area contributed by atoms with Crippen molar-refractivity contribution in [3.63, 3.8) is 0 Å². The number of aromatic hydroxyl groups is 2. The van der Waals surface area contributed by atoms with Gasteiger partial charge in [0.15, 0.2) is 11.6 Å². The minimum atomic E-state index is -0.963. The second-order valence-corrected chi connectivity index (χ2v) is 6.18.